The lowest BCUT2D eigenvalue weighted by atomic mass is 10.0. The molecule has 5 heteroatoms. The number of benzene rings is 1. The van der Waals surface area contributed by atoms with Gasteiger partial charge in [-0.15, -0.1) is 0 Å². The Morgan fingerprint density at radius 3 is 2.32 bits per heavy atom. The van der Waals surface area contributed by atoms with Crippen molar-refractivity contribution in [2.45, 2.75) is 19.8 Å². The summed E-state index contributed by atoms with van der Waals surface area (Å²) in [4.78, 5) is 11.1. The van der Waals surface area contributed by atoms with Gasteiger partial charge >= 0.3 is 5.97 Å². The largest absolute Gasteiger partial charge is 0.476 e. The van der Waals surface area contributed by atoms with Crippen molar-refractivity contribution >= 4 is 21.9 Å². The van der Waals surface area contributed by atoms with E-state index in [1.165, 1.54) is 10.2 Å². The van der Waals surface area contributed by atoms with Crippen LogP contribution < -0.4 is 0 Å². The SMILES string of the molecule is CC(C)c1ccc(-c2nn(C)c(C(=O)O)c2Br)cc1. The van der Waals surface area contributed by atoms with Crippen molar-refractivity contribution in [1.29, 1.82) is 0 Å². The maximum atomic E-state index is 11.1. The van der Waals surface area contributed by atoms with Crippen molar-refractivity contribution in [3.63, 3.8) is 0 Å². The van der Waals surface area contributed by atoms with E-state index in [1.54, 1.807) is 7.05 Å². The predicted octanol–water partition coefficient (Wildman–Crippen LogP) is 3.67. The molecular weight excluding hydrogens is 308 g/mol. The van der Waals surface area contributed by atoms with E-state index in [1.807, 2.05) is 24.3 Å². The summed E-state index contributed by atoms with van der Waals surface area (Å²) in [6.45, 7) is 4.27. The Bertz CT molecular complexity index is 615. The zero-order chi connectivity index (χ0) is 14.2. The number of hydrogen-bond donors (Lipinski definition) is 1. The predicted molar refractivity (Wildman–Crippen MR) is 77.4 cm³/mol. The number of rotatable bonds is 3. The van der Waals surface area contributed by atoms with E-state index in [9.17, 15) is 4.79 Å². The number of carboxylic acids is 1. The van der Waals surface area contributed by atoms with Gasteiger partial charge in [-0.2, -0.15) is 5.10 Å². The maximum absolute atomic E-state index is 11.1. The first-order valence-corrected chi connectivity index (χ1v) is 6.77. The highest BCUT2D eigenvalue weighted by atomic mass is 79.9. The molecule has 2 rings (SSSR count). The molecule has 1 aromatic heterocycles. The van der Waals surface area contributed by atoms with Crippen LogP contribution in [0.3, 0.4) is 0 Å². The third-order valence-electron chi connectivity index (χ3n) is 3.04. The smallest absolute Gasteiger partial charge is 0.355 e. The highest BCUT2D eigenvalue weighted by Gasteiger charge is 2.20. The molecule has 0 saturated heterocycles. The molecule has 0 bridgehead atoms. The second kappa shape index (κ2) is 5.17. The average Bonchev–Trinajstić information content (AvgIpc) is 2.65. The third-order valence-corrected chi connectivity index (χ3v) is 3.79. The number of aryl methyl sites for hydroxylation is 1. The average molecular weight is 323 g/mol. The lowest BCUT2D eigenvalue weighted by Gasteiger charge is -2.05. The van der Waals surface area contributed by atoms with E-state index in [0.29, 0.717) is 16.1 Å². The highest BCUT2D eigenvalue weighted by molar-refractivity contribution is 9.10. The molecule has 0 saturated carbocycles. The van der Waals surface area contributed by atoms with Crippen LogP contribution in [-0.4, -0.2) is 20.9 Å². The molecule has 100 valence electrons. The fourth-order valence-electron chi connectivity index (χ4n) is 1.94. The van der Waals surface area contributed by atoms with Crippen LogP contribution in [0.4, 0.5) is 0 Å². The van der Waals surface area contributed by atoms with Crippen molar-refractivity contribution in [1.82, 2.24) is 9.78 Å². The zero-order valence-corrected chi connectivity index (χ0v) is 12.6. The van der Waals surface area contributed by atoms with Gasteiger partial charge in [-0.25, -0.2) is 4.79 Å². The van der Waals surface area contributed by atoms with Gasteiger partial charge in [-0.1, -0.05) is 38.1 Å². The van der Waals surface area contributed by atoms with E-state index in [-0.39, 0.29) is 5.69 Å². The Hall–Kier alpha value is -1.62. The molecule has 0 atom stereocenters. The van der Waals surface area contributed by atoms with Crippen LogP contribution in [0.2, 0.25) is 0 Å². The molecule has 1 aromatic carbocycles. The molecule has 2 aromatic rings. The lowest BCUT2D eigenvalue weighted by Crippen LogP contribution is -2.05. The van der Waals surface area contributed by atoms with Gasteiger partial charge in [0.25, 0.3) is 0 Å². The van der Waals surface area contributed by atoms with Gasteiger partial charge < -0.3 is 5.11 Å². The van der Waals surface area contributed by atoms with Crippen LogP contribution in [0.1, 0.15) is 35.8 Å². The summed E-state index contributed by atoms with van der Waals surface area (Å²) >= 11 is 3.32. The number of carbonyl (C=O) groups is 1. The fourth-order valence-corrected chi connectivity index (χ4v) is 2.68. The summed E-state index contributed by atoms with van der Waals surface area (Å²) in [7, 11) is 1.63. The lowest BCUT2D eigenvalue weighted by molar-refractivity contribution is 0.0684. The highest BCUT2D eigenvalue weighted by Crippen LogP contribution is 2.31. The zero-order valence-electron chi connectivity index (χ0n) is 11.0. The van der Waals surface area contributed by atoms with Gasteiger partial charge in [0.1, 0.15) is 5.69 Å². The first-order chi connectivity index (χ1) is 8.91. The molecular formula is C14H15BrN2O2. The van der Waals surface area contributed by atoms with Crippen LogP contribution in [-0.2, 0) is 7.05 Å². The Labute approximate surface area is 120 Å². The van der Waals surface area contributed by atoms with Crippen molar-refractivity contribution in [3.05, 3.63) is 40.0 Å². The second-order valence-electron chi connectivity index (χ2n) is 4.72. The molecule has 0 radical (unpaired) electrons. The molecule has 19 heavy (non-hydrogen) atoms. The van der Waals surface area contributed by atoms with Crippen molar-refractivity contribution < 1.29 is 9.90 Å². The van der Waals surface area contributed by atoms with Crippen molar-refractivity contribution in [3.8, 4) is 11.3 Å². The molecule has 0 spiro atoms. The minimum atomic E-state index is -0.994. The van der Waals surface area contributed by atoms with Crippen molar-refractivity contribution in [2.75, 3.05) is 0 Å². The number of aromatic carboxylic acids is 1. The van der Waals surface area contributed by atoms with E-state index in [2.05, 4.69) is 34.9 Å². The Morgan fingerprint density at radius 1 is 1.32 bits per heavy atom. The van der Waals surface area contributed by atoms with Crippen LogP contribution in [0, 0.1) is 0 Å². The Balaban J connectivity index is 2.48. The van der Waals surface area contributed by atoms with Gasteiger partial charge in [0, 0.05) is 12.6 Å². The minimum Gasteiger partial charge on any atom is -0.476 e. The molecule has 0 fully saturated rings. The van der Waals surface area contributed by atoms with E-state index >= 15 is 0 Å². The second-order valence-corrected chi connectivity index (χ2v) is 5.51. The Kier molecular flexibility index (Phi) is 3.75. The maximum Gasteiger partial charge on any atom is 0.355 e. The summed E-state index contributed by atoms with van der Waals surface area (Å²) in [6.07, 6.45) is 0. The monoisotopic (exact) mass is 322 g/mol. The van der Waals surface area contributed by atoms with Crippen LogP contribution in [0.15, 0.2) is 28.7 Å². The standard InChI is InChI=1S/C14H15BrN2O2/c1-8(2)9-4-6-10(7-5-9)12-11(15)13(14(18)19)17(3)16-12/h4-8H,1-3H3,(H,18,19). The van der Waals surface area contributed by atoms with Crippen LogP contribution in [0.25, 0.3) is 11.3 Å². The Morgan fingerprint density at radius 2 is 1.89 bits per heavy atom. The van der Waals surface area contributed by atoms with Crippen LogP contribution in [0.5, 0.6) is 0 Å². The molecule has 0 unspecified atom stereocenters. The van der Waals surface area contributed by atoms with Gasteiger partial charge in [-0.3, -0.25) is 4.68 Å². The van der Waals surface area contributed by atoms with E-state index < -0.39 is 5.97 Å². The summed E-state index contributed by atoms with van der Waals surface area (Å²) in [5.74, 6) is -0.525. The number of aromatic nitrogens is 2. The van der Waals surface area contributed by atoms with E-state index in [0.717, 1.165) is 5.56 Å². The van der Waals surface area contributed by atoms with Crippen molar-refractivity contribution in [2.24, 2.45) is 7.05 Å². The summed E-state index contributed by atoms with van der Waals surface area (Å²) in [5, 5.41) is 13.4. The molecule has 0 aliphatic heterocycles. The number of carboxylic acid groups (broad SMARTS) is 1. The third kappa shape index (κ3) is 2.56. The van der Waals surface area contributed by atoms with Gasteiger partial charge in [0.2, 0.25) is 0 Å². The molecule has 1 N–H and O–H groups in total. The molecule has 0 aliphatic rings. The summed E-state index contributed by atoms with van der Waals surface area (Å²) < 4.78 is 1.89. The summed E-state index contributed by atoms with van der Waals surface area (Å²) in [5.41, 5.74) is 2.95. The summed E-state index contributed by atoms with van der Waals surface area (Å²) in [6, 6.07) is 8.02. The number of hydrogen-bond acceptors (Lipinski definition) is 2. The first kappa shape index (κ1) is 13.8. The first-order valence-electron chi connectivity index (χ1n) is 5.98. The normalized spacial score (nSPS) is 11.0. The van der Waals surface area contributed by atoms with E-state index in [4.69, 9.17) is 5.11 Å². The quantitative estimate of drug-likeness (QED) is 0.937. The fraction of sp³-hybridized carbons (Fsp3) is 0.286. The molecule has 1 heterocycles. The number of halogens is 1. The number of nitrogens with zero attached hydrogens (tertiary/aromatic N) is 2. The van der Waals surface area contributed by atoms with Gasteiger partial charge in [0.15, 0.2) is 5.69 Å². The van der Waals surface area contributed by atoms with Crippen LogP contribution >= 0.6 is 15.9 Å². The molecule has 0 aliphatic carbocycles. The molecule has 4 nitrogen and oxygen atoms in total. The molecule has 0 amide bonds. The van der Waals surface area contributed by atoms with Gasteiger partial charge in [-0.05, 0) is 27.4 Å². The minimum absolute atomic E-state index is 0.155. The topological polar surface area (TPSA) is 55.1 Å². The van der Waals surface area contributed by atoms with Gasteiger partial charge in [0.05, 0.1) is 4.47 Å².